The van der Waals surface area contributed by atoms with Crippen molar-refractivity contribution >= 4 is 33.0 Å². The lowest BCUT2D eigenvalue weighted by Crippen LogP contribution is -2.37. The van der Waals surface area contributed by atoms with Crippen LogP contribution in [0.4, 0.5) is 11.6 Å². The monoisotopic (exact) mass is 584 g/mol. The maximum atomic E-state index is 13.2. The van der Waals surface area contributed by atoms with E-state index in [1.165, 1.54) is 10.7 Å². The third-order valence-corrected chi connectivity index (χ3v) is 8.53. The number of rotatable bonds is 9. The number of carbonyl (C=O) groups excluding carboxylic acids is 1. The molecule has 216 valence electrons. The van der Waals surface area contributed by atoms with E-state index in [4.69, 9.17) is 16.5 Å². The second-order valence-electron chi connectivity index (χ2n) is 10.1. The van der Waals surface area contributed by atoms with Gasteiger partial charge in [-0.2, -0.15) is 9.61 Å². The number of nitrogens with zero attached hydrogens (tertiary/aromatic N) is 6. The molecular formula is C30H32N8O3S. The molecule has 4 heterocycles. The van der Waals surface area contributed by atoms with Gasteiger partial charge in [0.1, 0.15) is 16.5 Å². The number of fused-ring (bicyclic) bond motifs is 1. The topological polar surface area (TPSA) is 162 Å². The number of sulfone groups is 1. The second kappa shape index (κ2) is 11.6. The standard InChI is InChI=1S/C30H32N8O3S/c1-4-21(37(2)30(39)22-11-8-16-33-27(22)31)13-15-25-26(42(3,40)41)28(32)38-29(36-25)23(18-35-38)20-12-14-24(34-17-20)19-9-6-5-7-10-19/h5-12,14,16-18,21H,4,13,15,32H2,1-3H3,(H2,31,33)/t21-/m1/s1. The number of pyridine rings is 2. The van der Waals surface area contributed by atoms with Gasteiger partial charge in [0.15, 0.2) is 15.5 Å². The molecule has 11 nitrogen and oxygen atoms in total. The predicted octanol–water partition coefficient (Wildman–Crippen LogP) is 3.90. The van der Waals surface area contributed by atoms with Crippen LogP contribution in [0.5, 0.6) is 0 Å². The minimum Gasteiger partial charge on any atom is -0.383 e. The minimum atomic E-state index is -3.75. The largest absolute Gasteiger partial charge is 0.383 e. The summed E-state index contributed by atoms with van der Waals surface area (Å²) in [4.78, 5) is 28.1. The van der Waals surface area contributed by atoms with Crippen molar-refractivity contribution in [2.45, 2.75) is 37.1 Å². The Morgan fingerprint density at radius 1 is 1.00 bits per heavy atom. The molecule has 42 heavy (non-hydrogen) atoms. The zero-order valence-electron chi connectivity index (χ0n) is 23.6. The van der Waals surface area contributed by atoms with E-state index in [-0.39, 0.29) is 34.9 Å². The molecule has 0 saturated heterocycles. The van der Waals surface area contributed by atoms with E-state index in [1.807, 2.05) is 49.4 Å². The van der Waals surface area contributed by atoms with Crippen molar-refractivity contribution in [3.63, 3.8) is 0 Å². The summed E-state index contributed by atoms with van der Waals surface area (Å²) in [5.74, 6) is -0.121. The van der Waals surface area contributed by atoms with Crippen LogP contribution in [0.1, 0.15) is 35.8 Å². The van der Waals surface area contributed by atoms with Crippen molar-refractivity contribution in [3.05, 3.63) is 84.4 Å². The number of amides is 1. The molecule has 0 fully saturated rings. The fourth-order valence-corrected chi connectivity index (χ4v) is 6.13. The Bertz CT molecular complexity index is 1860. The first kappa shape index (κ1) is 28.7. The van der Waals surface area contributed by atoms with Crippen LogP contribution < -0.4 is 11.5 Å². The first-order valence-corrected chi connectivity index (χ1v) is 15.3. The smallest absolute Gasteiger partial charge is 0.257 e. The summed E-state index contributed by atoms with van der Waals surface area (Å²) in [5, 5.41) is 4.36. The third-order valence-electron chi connectivity index (χ3n) is 7.35. The number of nitrogen functional groups attached to an aromatic ring is 2. The van der Waals surface area contributed by atoms with Crippen molar-refractivity contribution in [1.29, 1.82) is 0 Å². The van der Waals surface area contributed by atoms with Gasteiger partial charge >= 0.3 is 0 Å². The molecule has 0 unspecified atom stereocenters. The Morgan fingerprint density at radius 2 is 1.76 bits per heavy atom. The average Bonchev–Trinajstić information content (AvgIpc) is 3.41. The molecule has 5 rings (SSSR count). The van der Waals surface area contributed by atoms with E-state index < -0.39 is 9.84 Å². The predicted molar refractivity (Wildman–Crippen MR) is 162 cm³/mol. The molecule has 1 aromatic carbocycles. The van der Waals surface area contributed by atoms with E-state index in [0.29, 0.717) is 35.3 Å². The summed E-state index contributed by atoms with van der Waals surface area (Å²) in [6, 6.07) is 16.7. The number of nitrogens with two attached hydrogens (primary N) is 2. The first-order chi connectivity index (χ1) is 20.1. The van der Waals surface area contributed by atoms with Crippen molar-refractivity contribution in [2.75, 3.05) is 24.8 Å². The SMILES string of the molecule is CC[C@H](CCc1nc2c(-c3ccc(-c4ccccc4)nc3)cnn2c(N)c1S(C)(=O)=O)N(C)C(=O)c1cccnc1N. The lowest BCUT2D eigenvalue weighted by Gasteiger charge is -2.28. The van der Waals surface area contributed by atoms with E-state index in [0.717, 1.165) is 23.1 Å². The van der Waals surface area contributed by atoms with Gasteiger partial charge in [0, 0.05) is 48.4 Å². The van der Waals surface area contributed by atoms with E-state index in [1.54, 1.807) is 36.5 Å². The molecule has 12 heteroatoms. The molecule has 0 aliphatic heterocycles. The normalized spacial score (nSPS) is 12.4. The molecular weight excluding hydrogens is 552 g/mol. The van der Waals surface area contributed by atoms with Crippen LogP contribution in [0.3, 0.4) is 0 Å². The summed E-state index contributed by atoms with van der Waals surface area (Å²) >= 11 is 0. The van der Waals surface area contributed by atoms with Crippen LogP contribution in [0.2, 0.25) is 0 Å². The number of benzene rings is 1. The van der Waals surface area contributed by atoms with Gasteiger partial charge < -0.3 is 16.4 Å². The highest BCUT2D eigenvalue weighted by Gasteiger charge is 2.27. The Labute approximate surface area is 244 Å². The second-order valence-corrected chi connectivity index (χ2v) is 12.0. The number of hydrogen-bond acceptors (Lipinski definition) is 9. The van der Waals surface area contributed by atoms with Crippen LogP contribution in [-0.2, 0) is 16.3 Å². The quantitative estimate of drug-likeness (QED) is 0.262. The van der Waals surface area contributed by atoms with E-state index in [9.17, 15) is 13.2 Å². The number of aromatic nitrogens is 5. The highest BCUT2D eigenvalue weighted by Crippen LogP contribution is 2.31. The molecule has 0 spiro atoms. The number of carbonyl (C=O) groups is 1. The molecule has 4 aromatic heterocycles. The molecule has 0 aliphatic carbocycles. The molecule has 1 amide bonds. The van der Waals surface area contributed by atoms with Gasteiger partial charge in [0.2, 0.25) is 0 Å². The maximum absolute atomic E-state index is 13.2. The minimum absolute atomic E-state index is 0.0155. The first-order valence-electron chi connectivity index (χ1n) is 13.5. The fraction of sp³-hybridized carbons (Fsp3) is 0.233. The Hall–Kier alpha value is -4.84. The number of hydrogen-bond donors (Lipinski definition) is 2. The van der Waals surface area contributed by atoms with Crippen molar-refractivity contribution in [1.82, 2.24) is 29.5 Å². The lowest BCUT2D eigenvalue weighted by atomic mass is 10.0. The van der Waals surface area contributed by atoms with E-state index in [2.05, 4.69) is 15.1 Å². The zero-order valence-corrected chi connectivity index (χ0v) is 24.4. The van der Waals surface area contributed by atoms with Gasteiger partial charge in [-0.1, -0.05) is 43.3 Å². The number of anilines is 2. The van der Waals surface area contributed by atoms with Gasteiger partial charge in [-0.25, -0.2) is 18.4 Å². The Kier molecular flexibility index (Phi) is 7.90. The van der Waals surface area contributed by atoms with Crippen LogP contribution in [0.15, 0.2) is 78.1 Å². The summed E-state index contributed by atoms with van der Waals surface area (Å²) < 4.78 is 27.1. The molecule has 0 saturated carbocycles. The molecule has 4 N–H and O–H groups in total. The average molecular weight is 585 g/mol. The number of aryl methyl sites for hydroxylation is 1. The van der Waals surface area contributed by atoms with E-state index >= 15 is 0 Å². The van der Waals surface area contributed by atoms with Crippen molar-refractivity contribution in [3.8, 4) is 22.4 Å². The highest BCUT2D eigenvalue weighted by atomic mass is 32.2. The van der Waals surface area contributed by atoms with Gasteiger partial charge in [-0.3, -0.25) is 9.78 Å². The Balaban J connectivity index is 1.49. The van der Waals surface area contributed by atoms with Gasteiger partial charge in [0.05, 0.1) is 23.1 Å². The van der Waals surface area contributed by atoms with Crippen LogP contribution in [0.25, 0.3) is 28.0 Å². The third kappa shape index (κ3) is 5.53. The highest BCUT2D eigenvalue weighted by molar-refractivity contribution is 7.91. The maximum Gasteiger partial charge on any atom is 0.257 e. The van der Waals surface area contributed by atoms with Crippen molar-refractivity contribution < 1.29 is 13.2 Å². The van der Waals surface area contributed by atoms with Crippen molar-refractivity contribution in [2.24, 2.45) is 0 Å². The molecule has 5 aromatic rings. The Morgan fingerprint density at radius 3 is 2.40 bits per heavy atom. The van der Waals surface area contributed by atoms with Gasteiger partial charge in [-0.05, 0) is 37.5 Å². The molecule has 0 bridgehead atoms. The zero-order chi connectivity index (χ0) is 30.0. The fourth-order valence-electron chi connectivity index (χ4n) is 5.09. The van der Waals surface area contributed by atoms with Gasteiger partial charge in [-0.15, -0.1) is 0 Å². The van der Waals surface area contributed by atoms with Crippen LogP contribution in [-0.4, -0.2) is 63.1 Å². The summed E-state index contributed by atoms with van der Waals surface area (Å²) in [7, 11) is -2.05. The molecule has 0 aliphatic rings. The van der Waals surface area contributed by atoms with Gasteiger partial charge in [0.25, 0.3) is 5.91 Å². The van der Waals surface area contributed by atoms with Crippen LogP contribution in [0, 0.1) is 0 Å². The molecule has 0 radical (unpaired) electrons. The lowest BCUT2D eigenvalue weighted by molar-refractivity contribution is 0.0720. The summed E-state index contributed by atoms with van der Waals surface area (Å²) in [6.45, 7) is 1.96. The van der Waals surface area contributed by atoms with Crippen LogP contribution >= 0.6 is 0 Å². The summed E-state index contributed by atoms with van der Waals surface area (Å²) in [5.41, 5.74) is 16.6. The molecule has 1 atom stereocenters. The summed E-state index contributed by atoms with van der Waals surface area (Å²) in [6.07, 6.45) is 7.31.